The smallest absolute Gasteiger partial charge is 0.327 e. The van der Waals surface area contributed by atoms with Gasteiger partial charge in [0.15, 0.2) is 0 Å². The van der Waals surface area contributed by atoms with E-state index in [9.17, 15) is 14.4 Å². The second-order valence-electron chi connectivity index (χ2n) is 3.63. The Morgan fingerprint density at radius 2 is 1.75 bits per heavy atom. The van der Waals surface area contributed by atoms with Crippen molar-refractivity contribution in [2.24, 2.45) is 0 Å². The molecule has 0 aromatic carbocycles. The Morgan fingerprint density at radius 1 is 1.38 bits per heavy atom. The van der Waals surface area contributed by atoms with E-state index in [1.165, 1.54) is 13.2 Å². The molecule has 0 unspecified atom stereocenters. The lowest BCUT2D eigenvalue weighted by Crippen LogP contribution is -2.18. The van der Waals surface area contributed by atoms with Gasteiger partial charge in [0.1, 0.15) is 6.61 Å². The number of aliphatic carboxylic acids is 2. The highest BCUT2D eigenvalue weighted by molar-refractivity contribution is 5.78. The normalized spacial score (nSPS) is 11.8. The maximum absolute atomic E-state index is 9.68. The predicted octanol–water partition coefficient (Wildman–Crippen LogP) is 1.37. The van der Waals surface area contributed by atoms with E-state index in [0.29, 0.717) is 19.6 Å². The molecule has 0 radical (unpaired) electrons. The molecule has 8 nitrogen and oxygen atoms in total. The van der Waals surface area contributed by atoms with Crippen LogP contribution in [0.3, 0.4) is 0 Å². The summed E-state index contributed by atoms with van der Waals surface area (Å²) in [6, 6.07) is 0. The number of carbonyl (C=O) groups is 3. The van der Waals surface area contributed by atoms with Crippen molar-refractivity contribution in [2.75, 3.05) is 33.5 Å². The Labute approximate surface area is 143 Å². The third kappa shape index (κ3) is 50.6. The number of carboxylic acids is 2. The summed E-state index contributed by atoms with van der Waals surface area (Å²) in [5.41, 5.74) is 0. The SMILES string of the molecule is C#CC=C.C1CO1.C=CC(=O)O.COCCC(=O)O.O=C1CCO1.[2HH]. The Morgan fingerprint density at radius 3 is 1.79 bits per heavy atom. The van der Waals surface area contributed by atoms with E-state index in [0.717, 1.165) is 19.3 Å². The summed E-state index contributed by atoms with van der Waals surface area (Å²) in [7, 11) is 1.48. The minimum Gasteiger partial charge on any atom is -0.481 e. The van der Waals surface area contributed by atoms with E-state index in [4.69, 9.17) is 10.2 Å². The number of epoxide rings is 1. The number of carbonyl (C=O) groups excluding carboxylic acids is 1. The summed E-state index contributed by atoms with van der Waals surface area (Å²) >= 11 is 0. The molecule has 0 bridgehead atoms. The maximum Gasteiger partial charge on any atom is 0.327 e. The van der Waals surface area contributed by atoms with E-state index in [-0.39, 0.29) is 13.8 Å². The quantitative estimate of drug-likeness (QED) is 0.338. The van der Waals surface area contributed by atoms with Gasteiger partial charge in [0, 0.05) is 14.6 Å². The van der Waals surface area contributed by atoms with Gasteiger partial charge in [0.2, 0.25) is 0 Å². The van der Waals surface area contributed by atoms with Crippen LogP contribution in [0.25, 0.3) is 0 Å². The van der Waals surface area contributed by atoms with Crippen LogP contribution in [0, 0.1) is 12.3 Å². The van der Waals surface area contributed by atoms with Gasteiger partial charge in [0.25, 0.3) is 0 Å². The first-order valence-electron chi connectivity index (χ1n) is 6.72. The fourth-order valence-corrected chi connectivity index (χ4v) is 0.375. The van der Waals surface area contributed by atoms with E-state index >= 15 is 0 Å². The molecule has 2 N–H and O–H groups in total. The molecule has 0 aliphatic carbocycles. The minimum absolute atomic E-state index is 0. The van der Waals surface area contributed by atoms with Crippen LogP contribution in [-0.4, -0.2) is 61.7 Å². The van der Waals surface area contributed by atoms with Gasteiger partial charge < -0.3 is 24.4 Å². The molecule has 0 atom stereocenters. The third-order valence-corrected chi connectivity index (χ3v) is 1.59. The van der Waals surface area contributed by atoms with E-state index in [2.05, 4.69) is 39.7 Å². The van der Waals surface area contributed by atoms with Crippen LogP contribution in [0.2, 0.25) is 0 Å². The zero-order valence-corrected chi connectivity index (χ0v) is 13.7. The number of hydrogen-bond acceptors (Lipinski definition) is 6. The number of methoxy groups -OCH3 is 1. The molecule has 2 rings (SSSR count). The number of rotatable bonds is 4. The summed E-state index contributed by atoms with van der Waals surface area (Å²) in [5, 5.41) is 15.6. The summed E-state index contributed by atoms with van der Waals surface area (Å²) < 4.78 is 13.3. The van der Waals surface area contributed by atoms with Gasteiger partial charge in [-0.15, -0.1) is 6.42 Å². The fourth-order valence-electron chi connectivity index (χ4n) is 0.375. The molecule has 0 aromatic rings. The number of hydrogen-bond donors (Lipinski definition) is 2. The van der Waals surface area contributed by atoms with Gasteiger partial charge in [0.05, 0.1) is 32.7 Å². The first-order chi connectivity index (χ1) is 11.3. The summed E-state index contributed by atoms with van der Waals surface area (Å²) in [5.74, 6) is 0.330. The van der Waals surface area contributed by atoms with Gasteiger partial charge in [-0.3, -0.25) is 9.59 Å². The lowest BCUT2D eigenvalue weighted by Gasteiger charge is -2.09. The van der Waals surface area contributed by atoms with Crippen LogP contribution >= 0.6 is 0 Å². The highest BCUT2D eigenvalue weighted by Crippen LogP contribution is 1.97. The van der Waals surface area contributed by atoms with Crippen LogP contribution in [0.1, 0.15) is 14.3 Å². The van der Waals surface area contributed by atoms with Crippen LogP contribution in [-0.2, 0) is 28.6 Å². The van der Waals surface area contributed by atoms with Gasteiger partial charge >= 0.3 is 17.9 Å². The van der Waals surface area contributed by atoms with Crippen LogP contribution in [0.5, 0.6) is 0 Å². The summed E-state index contributed by atoms with van der Waals surface area (Å²) in [6.07, 6.45) is 7.61. The third-order valence-electron chi connectivity index (χ3n) is 1.59. The predicted molar refractivity (Wildman–Crippen MR) is 89.5 cm³/mol. The monoisotopic (exact) mass is 347 g/mol. The molecule has 0 saturated carbocycles. The Balaban J connectivity index is -0.000000112. The average Bonchev–Trinajstić information content (AvgIpc) is 3.41. The van der Waals surface area contributed by atoms with E-state index < -0.39 is 11.9 Å². The van der Waals surface area contributed by atoms with Crippen molar-refractivity contribution in [2.45, 2.75) is 12.8 Å². The number of terminal acetylenes is 1. The highest BCUT2D eigenvalue weighted by atomic mass is 16.6. The molecule has 0 amide bonds. The molecule has 2 saturated heterocycles. The van der Waals surface area contributed by atoms with Gasteiger partial charge in [-0.25, -0.2) is 4.79 Å². The number of allylic oxidation sites excluding steroid dienone is 1. The summed E-state index contributed by atoms with van der Waals surface area (Å²) in [4.78, 5) is 28.6. The van der Waals surface area contributed by atoms with Crippen LogP contribution in [0.15, 0.2) is 25.3 Å². The number of ether oxygens (including phenoxy) is 3. The Kier molecular flexibility index (Phi) is 24.8. The van der Waals surface area contributed by atoms with Crippen molar-refractivity contribution in [1.29, 1.82) is 0 Å². The second-order valence-corrected chi connectivity index (χ2v) is 3.63. The van der Waals surface area contributed by atoms with Crippen molar-refractivity contribution >= 4 is 17.9 Å². The zero-order valence-electron chi connectivity index (χ0n) is 13.7. The standard InChI is InChI=1S/C4H8O3.C4H4.2C3H4O2.C2H4O.H2/c1-7-3-2-4(5)6;1-3-4-2;4-3-1-2-5-3;1-2-3(4)5;1-2-3-1;/h2-3H2,1H3,(H,5,6);1,4H,2H2;1-2H2;2H,1H2,(H,4,5);1-2H2;1H/i;;;;;1+1. The lowest BCUT2D eigenvalue weighted by molar-refractivity contribution is -0.157. The average molecular weight is 347 g/mol. The zero-order chi connectivity index (χ0) is 19.2. The van der Waals surface area contributed by atoms with Crippen molar-refractivity contribution in [3.05, 3.63) is 25.3 Å². The molecule has 138 valence electrons. The Hall–Kier alpha value is -2.63. The fraction of sp³-hybridized carbons (Fsp3) is 0.438. The maximum atomic E-state index is 9.68. The number of cyclic esters (lactones) is 1. The molecule has 2 heterocycles. The van der Waals surface area contributed by atoms with Crippen molar-refractivity contribution in [3.63, 3.8) is 0 Å². The molecular formula is C16H26O8. The minimum atomic E-state index is -0.981. The molecule has 2 fully saturated rings. The largest absolute Gasteiger partial charge is 0.481 e. The first-order valence-corrected chi connectivity index (χ1v) is 6.72. The van der Waals surface area contributed by atoms with Gasteiger partial charge in [-0.1, -0.05) is 19.1 Å². The van der Waals surface area contributed by atoms with Crippen molar-refractivity contribution in [1.82, 2.24) is 0 Å². The van der Waals surface area contributed by atoms with Gasteiger partial charge in [-0.05, 0) is 6.08 Å². The Bertz CT molecular complexity index is 404. The number of esters is 1. The summed E-state index contributed by atoms with van der Waals surface area (Å²) in [6.45, 7) is 9.14. The molecular weight excluding hydrogens is 320 g/mol. The van der Waals surface area contributed by atoms with Crippen molar-refractivity contribution < 1.29 is 40.2 Å². The van der Waals surface area contributed by atoms with E-state index in [1.807, 2.05) is 0 Å². The topological polar surface area (TPSA) is 123 Å². The molecule has 8 heteroatoms. The van der Waals surface area contributed by atoms with E-state index in [1.54, 1.807) is 0 Å². The van der Waals surface area contributed by atoms with Crippen LogP contribution in [0.4, 0.5) is 0 Å². The highest BCUT2D eigenvalue weighted by Gasteiger charge is 2.10. The number of carboxylic acid groups (broad SMARTS) is 2. The van der Waals surface area contributed by atoms with Gasteiger partial charge in [-0.2, -0.15) is 0 Å². The second kappa shape index (κ2) is 22.6. The molecule has 0 aromatic heterocycles. The molecule has 0 spiro atoms. The molecule has 2 aliphatic heterocycles. The van der Waals surface area contributed by atoms with Crippen molar-refractivity contribution in [3.8, 4) is 12.3 Å². The van der Waals surface area contributed by atoms with Crippen LogP contribution < -0.4 is 0 Å². The lowest BCUT2D eigenvalue weighted by atomic mass is 10.4. The first kappa shape index (κ1) is 26.3. The molecule has 24 heavy (non-hydrogen) atoms. The molecule has 2 aliphatic rings.